The number of anilines is 1. The summed E-state index contributed by atoms with van der Waals surface area (Å²) in [6.45, 7) is 1.38. The summed E-state index contributed by atoms with van der Waals surface area (Å²) in [5.41, 5.74) is 6.43. The molecule has 0 saturated carbocycles. The summed E-state index contributed by atoms with van der Waals surface area (Å²) in [6, 6.07) is 4.79. The molecule has 1 aromatic carbocycles. The molecule has 1 heterocycles. The molecular formula is C11H14ClN3O2. The Morgan fingerprint density at radius 1 is 1.53 bits per heavy atom. The summed E-state index contributed by atoms with van der Waals surface area (Å²) in [6.07, 6.45) is 1.89. The van der Waals surface area contributed by atoms with Gasteiger partial charge in [0, 0.05) is 25.2 Å². The van der Waals surface area contributed by atoms with Crippen LogP contribution < -0.4 is 10.6 Å². The van der Waals surface area contributed by atoms with Crippen LogP contribution in [0.3, 0.4) is 0 Å². The Labute approximate surface area is 104 Å². The monoisotopic (exact) mass is 255 g/mol. The molecule has 0 spiro atoms. The second-order valence-electron chi connectivity index (χ2n) is 4.21. The zero-order valence-corrected chi connectivity index (χ0v) is 10.1. The fourth-order valence-electron chi connectivity index (χ4n) is 2.18. The predicted molar refractivity (Wildman–Crippen MR) is 67.5 cm³/mol. The molecule has 1 aliphatic rings. The van der Waals surface area contributed by atoms with E-state index in [4.69, 9.17) is 17.3 Å². The lowest BCUT2D eigenvalue weighted by Gasteiger charge is -2.32. The van der Waals surface area contributed by atoms with Gasteiger partial charge in [0.2, 0.25) is 0 Å². The Hall–Kier alpha value is -1.33. The third kappa shape index (κ3) is 2.50. The van der Waals surface area contributed by atoms with E-state index in [1.807, 2.05) is 4.90 Å². The first-order chi connectivity index (χ1) is 8.09. The number of rotatable bonds is 2. The van der Waals surface area contributed by atoms with Crippen LogP contribution in [0.25, 0.3) is 0 Å². The molecule has 1 atom stereocenters. The van der Waals surface area contributed by atoms with Crippen molar-refractivity contribution in [3.8, 4) is 0 Å². The summed E-state index contributed by atoms with van der Waals surface area (Å²) in [5, 5.41) is 11.4. The molecule has 92 valence electrons. The normalized spacial score (nSPS) is 20.4. The molecule has 0 aromatic heterocycles. The van der Waals surface area contributed by atoms with Crippen molar-refractivity contribution in [1.29, 1.82) is 0 Å². The van der Waals surface area contributed by atoms with E-state index >= 15 is 0 Å². The minimum absolute atomic E-state index is 0.0478. The zero-order valence-electron chi connectivity index (χ0n) is 9.30. The number of hydrogen-bond donors (Lipinski definition) is 1. The van der Waals surface area contributed by atoms with Crippen LogP contribution in [-0.2, 0) is 0 Å². The van der Waals surface area contributed by atoms with Gasteiger partial charge in [0.25, 0.3) is 5.69 Å². The quantitative estimate of drug-likeness (QED) is 0.649. The van der Waals surface area contributed by atoms with Gasteiger partial charge < -0.3 is 10.6 Å². The molecule has 1 saturated heterocycles. The Morgan fingerprint density at radius 2 is 2.29 bits per heavy atom. The molecule has 0 unspecified atom stereocenters. The number of halogens is 1. The number of nitrogens with two attached hydrogens (primary N) is 1. The maximum Gasteiger partial charge on any atom is 0.294 e. The molecule has 6 heteroatoms. The van der Waals surface area contributed by atoms with E-state index in [-0.39, 0.29) is 11.7 Å². The van der Waals surface area contributed by atoms with E-state index in [0.29, 0.717) is 17.3 Å². The van der Waals surface area contributed by atoms with Gasteiger partial charge in [0.15, 0.2) is 0 Å². The Bertz CT molecular complexity index is 439. The largest absolute Gasteiger partial charge is 0.363 e. The minimum Gasteiger partial charge on any atom is -0.363 e. The van der Waals surface area contributed by atoms with E-state index in [2.05, 4.69) is 0 Å². The van der Waals surface area contributed by atoms with Crippen molar-refractivity contribution in [2.45, 2.75) is 18.9 Å². The highest BCUT2D eigenvalue weighted by Gasteiger charge is 2.25. The number of nitro groups is 1. The summed E-state index contributed by atoms with van der Waals surface area (Å²) in [5.74, 6) is 0. The van der Waals surface area contributed by atoms with Gasteiger partial charge in [-0.3, -0.25) is 10.1 Å². The number of nitrogens with zero attached hydrogens (tertiary/aromatic N) is 2. The predicted octanol–water partition coefficient (Wildman–Crippen LogP) is 2.18. The van der Waals surface area contributed by atoms with Crippen LogP contribution >= 0.6 is 11.6 Å². The number of nitro benzene ring substituents is 1. The van der Waals surface area contributed by atoms with Crippen molar-refractivity contribution in [1.82, 2.24) is 0 Å². The smallest absolute Gasteiger partial charge is 0.294 e. The molecule has 0 bridgehead atoms. The van der Waals surface area contributed by atoms with E-state index in [1.54, 1.807) is 12.1 Å². The van der Waals surface area contributed by atoms with Gasteiger partial charge in [0.05, 0.1) is 9.95 Å². The summed E-state index contributed by atoms with van der Waals surface area (Å²) in [4.78, 5) is 12.5. The SMILES string of the molecule is N[C@@H]1CCCN(c2c(Cl)cccc2[N+](=O)[O-])C1. The van der Waals surface area contributed by atoms with Crippen molar-refractivity contribution < 1.29 is 4.92 Å². The zero-order chi connectivity index (χ0) is 12.4. The first kappa shape index (κ1) is 12.1. The van der Waals surface area contributed by atoms with Crippen molar-refractivity contribution in [2.24, 2.45) is 5.73 Å². The molecule has 17 heavy (non-hydrogen) atoms. The summed E-state index contributed by atoms with van der Waals surface area (Å²) in [7, 11) is 0. The fourth-order valence-corrected chi connectivity index (χ4v) is 2.47. The first-order valence-electron chi connectivity index (χ1n) is 5.53. The minimum atomic E-state index is -0.401. The van der Waals surface area contributed by atoms with Crippen LogP contribution in [0, 0.1) is 10.1 Å². The van der Waals surface area contributed by atoms with Crippen molar-refractivity contribution >= 4 is 23.0 Å². The standard InChI is InChI=1S/C11H14ClN3O2/c12-9-4-1-5-10(15(16)17)11(9)14-6-2-3-8(13)7-14/h1,4-5,8H,2-3,6-7,13H2/t8-/m1/s1. The van der Waals surface area contributed by atoms with Crippen LogP contribution in [0.2, 0.25) is 5.02 Å². The van der Waals surface area contributed by atoms with Gasteiger partial charge in [0.1, 0.15) is 5.69 Å². The van der Waals surface area contributed by atoms with E-state index in [1.165, 1.54) is 6.07 Å². The molecule has 2 rings (SSSR count). The molecule has 0 amide bonds. The Balaban J connectivity index is 2.39. The maximum absolute atomic E-state index is 11.0. The van der Waals surface area contributed by atoms with Crippen molar-refractivity contribution in [3.05, 3.63) is 33.3 Å². The summed E-state index contributed by atoms with van der Waals surface area (Å²) < 4.78 is 0. The topological polar surface area (TPSA) is 72.4 Å². The molecule has 1 aromatic rings. The Morgan fingerprint density at radius 3 is 2.94 bits per heavy atom. The molecule has 5 nitrogen and oxygen atoms in total. The van der Waals surface area contributed by atoms with E-state index in [0.717, 1.165) is 19.4 Å². The summed E-state index contributed by atoms with van der Waals surface area (Å²) >= 11 is 6.07. The lowest BCUT2D eigenvalue weighted by Crippen LogP contribution is -2.43. The molecule has 1 fully saturated rings. The number of benzene rings is 1. The average Bonchev–Trinajstić information content (AvgIpc) is 2.28. The molecule has 2 N–H and O–H groups in total. The van der Waals surface area contributed by atoms with E-state index in [9.17, 15) is 10.1 Å². The van der Waals surface area contributed by atoms with Gasteiger partial charge in [-0.05, 0) is 18.9 Å². The third-order valence-corrected chi connectivity index (χ3v) is 3.24. The lowest BCUT2D eigenvalue weighted by molar-refractivity contribution is -0.384. The van der Waals surface area contributed by atoms with E-state index < -0.39 is 4.92 Å². The van der Waals surface area contributed by atoms with Gasteiger partial charge in [-0.25, -0.2) is 0 Å². The molecular weight excluding hydrogens is 242 g/mol. The second-order valence-corrected chi connectivity index (χ2v) is 4.62. The highest BCUT2D eigenvalue weighted by molar-refractivity contribution is 6.33. The fraction of sp³-hybridized carbons (Fsp3) is 0.455. The van der Waals surface area contributed by atoms with Crippen LogP contribution in [0.5, 0.6) is 0 Å². The van der Waals surface area contributed by atoms with Gasteiger partial charge in [-0.15, -0.1) is 0 Å². The average molecular weight is 256 g/mol. The van der Waals surface area contributed by atoms with Crippen LogP contribution in [0.15, 0.2) is 18.2 Å². The van der Waals surface area contributed by atoms with Crippen LogP contribution in [-0.4, -0.2) is 24.1 Å². The molecule has 0 aliphatic carbocycles. The van der Waals surface area contributed by atoms with Crippen LogP contribution in [0.4, 0.5) is 11.4 Å². The maximum atomic E-state index is 11.0. The lowest BCUT2D eigenvalue weighted by atomic mass is 10.1. The van der Waals surface area contributed by atoms with Crippen molar-refractivity contribution in [3.63, 3.8) is 0 Å². The van der Waals surface area contributed by atoms with Gasteiger partial charge >= 0.3 is 0 Å². The molecule has 1 aliphatic heterocycles. The number of para-hydroxylation sites is 1. The Kier molecular flexibility index (Phi) is 3.49. The number of hydrogen-bond acceptors (Lipinski definition) is 4. The first-order valence-corrected chi connectivity index (χ1v) is 5.91. The van der Waals surface area contributed by atoms with Gasteiger partial charge in [-0.2, -0.15) is 0 Å². The molecule has 0 radical (unpaired) electrons. The number of piperidine rings is 1. The highest BCUT2D eigenvalue weighted by Crippen LogP contribution is 2.36. The van der Waals surface area contributed by atoms with Crippen molar-refractivity contribution in [2.75, 3.05) is 18.0 Å². The third-order valence-electron chi connectivity index (χ3n) is 2.94. The highest BCUT2D eigenvalue weighted by atomic mass is 35.5. The van der Waals surface area contributed by atoms with Crippen LogP contribution in [0.1, 0.15) is 12.8 Å². The van der Waals surface area contributed by atoms with Gasteiger partial charge in [-0.1, -0.05) is 17.7 Å². The second kappa shape index (κ2) is 4.89.